The summed E-state index contributed by atoms with van der Waals surface area (Å²) in [4.78, 5) is 18.1. The van der Waals surface area contributed by atoms with Crippen LogP contribution in [0.4, 0.5) is 0 Å². The summed E-state index contributed by atoms with van der Waals surface area (Å²) in [5, 5.41) is 2.82. The predicted molar refractivity (Wildman–Crippen MR) is 78.4 cm³/mol. The van der Waals surface area contributed by atoms with Crippen molar-refractivity contribution >= 4 is 5.91 Å². The Morgan fingerprint density at radius 3 is 2.85 bits per heavy atom. The van der Waals surface area contributed by atoms with Gasteiger partial charge in [0.25, 0.3) is 5.91 Å². The molecule has 2 atom stereocenters. The second-order valence-corrected chi connectivity index (χ2v) is 5.40. The van der Waals surface area contributed by atoms with E-state index in [4.69, 9.17) is 10.2 Å². The molecule has 0 aliphatic carbocycles. The number of nitrogens with two attached hydrogens (primary N) is 1. The third kappa shape index (κ3) is 4.94. The minimum Gasteiger partial charge on any atom is -0.446 e. The van der Waals surface area contributed by atoms with Gasteiger partial charge in [-0.3, -0.25) is 4.79 Å². The SMILES string of the molecule is CCC(C)C(N)c1nc(C(=O)NCCCN(C)C)co1. The average molecular weight is 282 g/mol. The highest BCUT2D eigenvalue weighted by Gasteiger charge is 2.20. The third-order valence-electron chi connectivity index (χ3n) is 3.36. The van der Waals surface area contributed by atoms with Crippen molar-refractivity contribution in [2.45, 2.75) is 32.7 Å². The van der Waals surface area contributed by atoms with Gasteiger partial charge in [0.2, 0.25) is 5.89 Å². The number of carbonyl (C=O) groups excluding carboxylic acids is 1. The second kappa shape index (κ2) is 8.01. The van der Waals surface area contributed by atoms with Crippen LogP contribution in [0.3, 0.4) is 0 Å². The number of rotatable bonds is 8. The molecule has 0 fully saturated rings. The van der Waals surface area contributed by atoms with E-state index in [1.54, 1.807) is 0 Å². The molecule has 6 nitrogen and oxygen atoms in total. The van der Waals surface area contributed by atoms with Crippen molar-refractivity contribution in [1.29, 1.82) is 0 Å². The molecule has 2 unspecified atom stereocenters. The summed E-state index contributed by atoms with van der Waals surface area (Å²) in [6.07, 6.45) is 3.21. The Balaban J connectivity index is 2.48. The lowest BCUT2D eigenvalue weighted by atomic mass is 10.0. The summed E-state index contributed by atoms with van der Waals surface area (Å²) in [6, 6.07) is -0.268. The third-order valence-corrected chi connectivity index (χ3v) is 3.36. The van der Waals surface area contributed by atoms with Gasteiger partial charge >= 0.3 is 0 Å². The highest BCUT2D eigenvalue weighted by Crippen LogP contribution is 2.20. The number of amides is 1. The lowest BCUT2D eigenvalue weighted by Crippen LogP contribution is -2.27. The summed E-state index contributed by atoms with van der Waals surface area (Å²) in [6.45, 7) is 5.65. The number of hydrogen-bond acceptors (Lipinski definition) is 5. The van der Waals surface area contributed by atoms with E-state index in [1.165, 1.54) is 6.26 Å². The first kappa shape index (κ1) is 16.7. The molecule has 0 spiro atoms. The molecule has 114 valence electrons. The van der Waals surface area contributed by atoms with Crippen molar-refractivity contribution < 1.29 is 9.21 Å². The van der Waals surface area contributed by atoms with Gasteiger partial charge in [-0.25, -0.2) is 4.98 Å². The maximum Gasteiger partial charge on any atom is 0.273 e. The van der Waals surface area contributed by atoms with Gasteiger partial charge in [-0.1, -0.05) is 20.3 Å². The van der Waals surface area contributed by atoms with Gasteiger partial charge < -0.3 is 20.4 Å². The first-order chi connectivity index (χ1) is 9.45. The number of aromatic nitrogens is 1. The summed E-state index contributed by atoms with van der Waals surface area (Å²) in [5.41, 5.74) is 6.32. The van der Waals surface area contributed by atoms with Crippen LogP contribution >= 0.6 is 0 Å². The fourth-order valence-electron chi connectivity index (χ4n) is 1.73. The van der Waals surface area contributed by atoms with E-state index in [0.717, 1.165) is 19.4 Å². The zero-order valence-corrected chi connectivity index (χ0v) is 12.8. The van der Waals surface area contributed by atoms with Gasteiger partial charge in [0, 0.05) is 6.54 Å². The molecule has 1 heterocycles. The van der Waals surface area contributed by atoms with Crippen LogP contribution in [0.1, 0.15) is 49.1 Å². The molecule has 0 saturated heterocycles. The fraction of sp³-hybridized carbons (Fsp3) is 0.714. The van der Waals surface area contributed by atoms with Gasteiger partial charge in [0.15, 0.2) is 5.69 Å². The molecule has 1 rings (SSSR count). The summed E-state index contributed by atoms with van der Waals surface area (Å²) < 4.78 is 5.31. The normalized spacial score (nSPS) is 14.3. The van der Waals surface area contributed by atoms with Gasteiger partial charge in [-0.15, -0.1) is 0 Å². The molecule has 1 aromatic heterocycles. The van der Waals surface area contributed by atoms with Crippen molar-refractivity contribution in [3.63, 3.8) is 0 Å². The lowest BCUT2D eigenvalue weighted by molar-refractivity contribution is 0.0947. The number of oxazole rings is 1. The van der Waals surface area contributed by atoms with E-state index in [2.05, 4.69) is 22.1 Å². The van der Waals surface area contributed by atoms with Crippen LogP contribution in [0.25, 0.3) is 0 Å². The van der Waals surface area contributed by atoms with E-state index >= 15 is 0 Å². The Kier molecular flexibility index (Phi) is 6.67. The number of hydrogen-bond donors (Lipinski definition) is 2. The molecule has 0 aliphatic heterocycles. The summed E-state index contributed by atoms with van der Waals surface area (Å²) in [7, 11) is 4.00. The van der Waals surface area contributed by atoms with Crippen LogP contribution in [0.2, 0.25) is 0 Å². The molecule has 0 radical (unpaired) electrons. The number of carbonyl (C=O) groups is 1. The van der Waals surface area contributed by atoms with Crippen molar-refractivity contribution in [3.8, 4) is 0 Å². The molecule has 20 heavy (non-hydrogen) atoms. The van der Waals surface area contributed by atoms with Crippen molar-refractivity contribution in [2.24, 2.45) is 11.7 Å². The Labute approximate surface area is 120 Å². The zero-order chi connectivity index (χ0) is 15.1. The Bertz CT molecular complexity index is 417. The first-order valence-electron chi connectivity index (χ1n) is 7.09. The molecule has 1 amide bonds. The average Bonchev–Trinajstić information content (AvgIpc) is 2.91. The quantitative estimate of drug-likeness (QED) is 0.704. The highest BCUT2D eigenvalue weighted by atomic mass is 16.3. The molecule has 0 saturated carbocycles. The second-order valence-electron chi connectivity index (χ2n) is 5.40. The van der Waals surface area contributed by atoms with E-state index in [0.29, 0.717) is 18.1 Å². The van der Waals surface area contributed by atoms with Gasteiger partial charge in [0.1, 0.15) is 6.26 Å². The van der Waals surface area contributed by atoms with E-state index in [-0.39, 0.29) is 17.9 Å². The molecule has 3 N–H and O–H groups in total. The minimum absolute atomic E-state index is 0.213. The summed E-state index contributed by atoms with van der Waals surface area (Å²) >= 11 is 0. The summed E-state index contributed by atoms with van der Waals surface area (Å²) in [5.74, 6) is 0.484. The predicted octanol–water partition coefficient (Wildman–Crippen LogP) is 1.40. The van der Waals surface area contributed by atoms with E-state index in [9.17, 15) is 4.79 Å². The van der Waals surface area contributed by atoms with Crippen LogP contribution in [0.15, 0.2) is 10.7 Å². The first-order valence-corrected chi connectivity index (χ1v) is 7.09. The van der Waals surface area contributed by atoms with Crippen molar-refractivity contribution in [2.75, 3.05) is 27.2 Å². The molecular formula is C14H26N4O2. The molecule has 0 aromatic carbocycles. The van der Waals surface area contributed by atoms with E-state index in [1.807, 2.05) is 21.0 Å². The standard InChI is InChI=1S/C14H26N4O2/c1-5-10(2)12(15)14-17-11(9-20-14)13(19)16-7-6-8-18(3)4/h9-10,12H,5-8,15H2,1-4H3,(H,16,19). The van der Waals surface area contributed by atoms with Gasteiger partial charge in [-0.2, -0.15) is 0 Å². The minimum atomic E-state index is -0.268. The van der Waals surface area contributed by atoms with Crippen LogP contribution in [0.5, 0.6) is 0 Å². The molecule has 0 bridgehead atoms. The molecule has 6 heteroatoms. The van der Waals surface area contributed by atoms with Crippen molar-refractivity contribution in [1.82, 2.24) is 15.2 Å². The van der Waals surface area contributed by atoms with Crippen LogP contribution in [0, 0.1) is 5.92 Å². The Morgan fingerprint density at radius 2 is 2.25 bits per heavy atom. The Hall–Kier alpha value is -1.40. The van der Waals surface area contributed by atoms with Crippen LogP contribution < -0.4 is 11.1 Å². The van der Waals surface area contributed by atoms with Gasteiger partial charge in [0.05, 0.1) is 6.04 Å². The lowest BCUT2D eigenvalue weighted by Gasteiger charge is -2.13. The number of nitrogens with zero attached hydrogens (tertiary/aromatic N) is 2. The molecular weight excluding hydrogens is 256 g/mol. The highest BCUT2D eigenvalue weighted by molar-refractivity contribution is 5.91. The zero-order valence-electron chi connectivity index (χ0n) is 12.8. The molecule has 0 aliphatic rings. The monoisotopic (exact) mass is 282 g/mol. The Morgan fingerprint density at radius 1 is 1.55 bits per heavy atom. The van der Waals surface area contributed by atoms with Crippen LogP contribution in [-0.2, 0) is 0 Å². The van der Waals surface area contributed by atoms with Crippen molar-refractivity contribution in [3.05, 3.63) is 17.8 Å². The topological polar surface area (TPSA) is 84.4 Å². The van der Waals surface area contributed by atoms with Gasteiger partial charge in [-0.05, 0) is 33.0 Å². The van der Waals surface area contributed by atoms with E-state index < -0.39 is 0 Å². The fourth-order valence-corrected chi connectivity index (χ4v) is 1.73. The smallest absolute Gasteiger partial charge is 0.273 e. The maximum absolute atomic E-state index is 11.9. The van der Waals surface area contributed by atoms with Crippen LogP contribution in [-0.4, -0.2) is 43.0 Å². The molecule has 1 aromatic rings. The maximum atomic E-state index is 11.9. The largest absolute Gasteiger partial charge is 0.446 e. The number of nitrogens with one attached hydrogen (secondary N) is 1.